The number of hydrogen-bond acceptors (Lipinski definition) is 4. The molecule has 0 bridgehead atoms. The Morgan fingerprint density at radius 2 is 2.12 bits per heavy atom. The zero-order valence-corrected chi connectivity index (χ0v) is 12.4. The number of nitrogens with zero attached hydrogens (tertiary/aromatic N) is 2. The lowest BCUT2D eigenvalue weighted by Gasteiger charge is -2.12. The van der Waals surface area contributed by atoms with Crippen molar-refractivity contribution in [2.75, 3.05) is 12.4 Å². The molecular formula is C12H14BrN3S. The number of thiophene rings is 1. The van der Waals surface area contributed by atoms with E-state index in [0.29, 0.717) is 5.92 Å². The van der Waals surface area contributed by atoms with Crippen LogP contribution in [0.15, 0.2) is 22.0 Å². The quantitative estimate of drug-likeness (QED) is 0.926. The summed E-state index contributed by atoms with van der Waals surface area (Å²) in [7, 11) is 1.87. The molecule has 0 saturated heterocycles. The van der Waals surface area contributed by atoms with Gasteiger partial charge in [-0.15, -0.1) is 11.3 Å². The zero-order valence-electron chi connectivity index (χ0n) is 9.99. The van der Waals surface area contributed by atoms with Crippen LogP contribution in [0.1, 0.15) is 25.5 Å². The number of nitrogens with one attached hydrogen (secondary N) is 1. The first-order chi connectivity index (χ1) is 8.13. The molecule has 0 aliphatic heterocycles. The number of rotatable bonds is 3. The predicted octanol–water partition coefficient (Wildman–Crippen LogP) is 4.13. The second-order valence-electron chi connectivity index (χ2n) is 3.98. The highest BCUT2D eigenvalue weighted by Crippen LogP contribution is 2.32. The molecular weight excluding hydrogens is 298 g/mol. The van der Waals surface area contributed by atoms with Gasteiger partial charge in [0.15, 0.2) is 5.82 Å². The molecule has 0 radical (unpaired) electrons. The average Bonchev–Trinajstić information content (AvgIpc) is 2.82. The maximum Gasteiger partial charge on any atom is 0.171 e. The molecule has 2 aromatic heterocycles. The van der Waals surface area contributed by atoms with Crippen LogP contribution in [0.2, 0.25) is 0 Å². The third kappa shape index (κ3) is 2.50. The van der Waals surface area contributed by atoms with Gasteiger partial charge in [-0.25, -0.2) is 9.97 Å². The molecule has 2 heterocycles. The Hall–Kier alpha value is -0.940. The van der Waals surface area contributed by atoms with Crippen LogP contribution in [0.4, 0.5) is 5.82 Å². The Morgan fingerprint density at radius 3 is 2.65 bits per heavy atom. The standard InChI is InChI=1S/C12H14BrN3S/c1-7(2)10-9(13)12(14-3)16-11(15-10)8-5-4-6-17-8/h4-7H,1-3H3,(H,14,15,16). The van der Waals surface area contributed by atoms with Crippen LogP contribution in [0, 0.1) is 0 Å². The van der Waals surface area contributed by atoms with Crippen molar-refractivity contribution < 1.29 is 0 Å². The first kappa shape index (κ1) is 12.5. The summed E-state index contributed by atoms with van der Waals surface area (Å²) in [6.45, 7) is 4.26. The van der Waals surface area contributed by atoms with E-state index in [2.05, 4.69) is 45.1 Å². The second-order valence-corrected chi connectivity index (χ2v) is 5.72. The molecule has 0 saturated carbocycles. The molecule has 0 unspecified atom stereocenters. The lowest BCUT2D eigenvalue weighted by Crippen LogP contribution is -2.04. The molecule has 17 heavy (non-hydrogen) atoms. The molecule has 0 atom stereocenters. The summed E-state index contributed by atoms with van der Waals surface area (Å²) >= 11 is 5.21. The van der Waals surface area contributed by atoms with Gasteiger partial charge in [0.2, 0.25) is 0 Å². The highest BCUT2D eigenvalue weighted by Gasteiger charge is 2.15. The topological polar surface area (TPSA) is 37.8 Å². The van der Waals surface area contributed by atoms with E-state index < -0.39 is 0 Å². The van der Waals surface area contributed by atoms with Crippen molar-refractivity contribution in [1.29, 1.82) is 0 Å². The third-order valence-corrected chi connectivity index (χ3v) is 4.05. The molecule has 0 amide bonds. The number of hydrogen-bond donors (Lipinski definition) is 1. The van der Waals surface area contributed by atoms with Crippen LogP contribution in [0.5, 0.6) is 0 Å². The fourth-order valence-corrected chi connectivity index (χ4v) is 3.02. The maximum absolute atomic E-state index is 4.64. The average molecular weight is 312 g/mol. The van der Waals surface area contributed by atoms with Crippen LogP contribution in [-0.4, -0.2) is 17.0 Å². The Labute approximate surface area is 113 Å². The molecule has 5 heteroatoms. The van der Waals surface area contributed by atoms with Gasteiger partial charge in [0.25, 0.3) is 0 Å². The highest BCUT2D eigenvalue weighted by molar-refractivity contribution is 9.10. The molecule has 2 rings (SSSR count). The lowest BCUT2D eigenvalue weighted by atomic mass is 10.1. The molecule has 0 fully saturated rings. The summed E-state index contributed by atoms with van der Waals surface area (Å²) < 4.78 is 0.954. The van der Waals surface area contributed by atoms with E-state index in [9.17, 15) is 0 Å². The molecule has 0 aliphatic carbocycles. The van der Waals surface area contributed by atoms with Crippen molar-refractivity contribution in [1.82, 2.24) is 9.97 Å². The molecule has 90 valence electrons. The SMILES string of the molecule is CNc1nc(-c2cccs2)nc(C(C)C)c1Br. The number of aromatic nitrogens is 2. The fourth-order valence-electron chi connectivity index (χ4n) is 1.53. The number of halogens is 1. The maximum atomic E-state index is 4.64. The van der Waals surface area contributed by atoms with Gasteiger partial charge in [-0.2, -0.15) is 0 Å². The van der Waals surface area contributed by atoms with Crippen LogP contribution < -0.4 is 5.32 Å². The van der Waals surface area contributed by atoms with Crippen molar-refractivity contribution >= 4 is 33.1 Å². The number of anilines is 1. The van der Waals surface area contributed by atoms with Crippen LogP contribution in [-0.2, 0) is 0 Å². The Bertz CT molecular complexity index is 509. The Kier molecular flexibility index (Phi) is 3.79. The van der Waals surface area contributed by atoms with E-state index in [1.54, 1.807) is 11.3 Å². The summed E-state index contributed by atoms with van der Waals surface area (Å²) in [6.07, 6.45) is 0. The second kappa shape index (κ2) is 5.14. The van der Waals surface area contributed by atoms with E-state index in [-0.39, 0.29) is 0 Å². The summed E-state index contributed by atoms with van der Waals surface area (Å²) in [5.41, 5.74) is 1.03. The summed E-state index contributed by atoms with van der Waals surface area (Å²) in [5, 5.41) is 5.14. The van der Waals surface area contributed by atoms with Gasteiger partial charge < -0.3 is 5.32 Å². The van der Waals surface area contributed by atoms with Gasteiger partial charge in [0.1, 0.15) is 5.82 Å². The summed E-state index contributed by atoms with van der Waals surface area (Å²) in [4.78, 5) is 10.2. The van der Waals surface area contributed by atoms with Crippen LogP contribution >= 0.6 is 27.3 Å². The largest absolute Gasteiger partial charge is 0.372 e. The third-order valence-electron chi connectivity index (χ3n) is 2.40. The van der Waals surface area contributed by atoms with Crippen LogP contribution in [0.3, 0.4) is 0 Å². The van der Waals surface area contributed by atoms with Gasteiger partial charge in [-0.3, -0.25) is 0 Å². The Balaban J connectivity index is 2.59. The normalized spacial score (nSPS) is 10.9. The van der Waals surface area contributed by atoms with E-state index in [1.165, 1.54) is 0 Å². The minimum absolute atomic E-state index is 0.359. The van der Waals surface area contributed by atoms with Crippen molar-refractivity contribution in [3.63, 3.8) is 0 Å². The molecule has 2 aromatic rings. The van der Waals surface area contributed by atoms with E-state index in [0.717, 1.165) is 26.7 Å². The van der Waals surface area contributed by atoms with Crippen LogP contribution in [0.25, 0.3) is 10.7 Å². The smallest absolute Gasteiger partial charge is 0.171 e. The molecule has 3 nitrogen and oxygen atoms in total. The first-order valence-electron chi connectivity index (χ1n) is 5.42. The summed E-state index contributed by atoms with van der Waals surface area (Å²) in [6, 6.07) is 4.05. The summed E-state index contributed by atoms with van der Waals surface area (Å²) in [5.74, 6) is 1.99. The van der Waals surface area contributed by atoms with Gasteiger partial charge >= 0.3 is 0 Å². The minimum Gasteiger partial charge on any atom is -0.372 e. The highest BCUT2D eigenvalue weighted by atomic mass is 79.9. The molecule has 0 aliphatic rings. The van der Waals surface area contributed by atoms with E-state index in [1.807, 2.05) is 24.6 Å². The molecule has 0 spiro atoms. The minimum atomic E-state index is 0.359. The monoisotopic (exact) mass is 311 g/mol. The first-order valence-corrected chi connectivity index (χ1v) is 7.09. The van der Waals surface area contributed by atoms with Gasteiger partial charge in [-0.1, -0.05) is 19.9 Å². The Morgan fingerprint density at radius 1 is 1.35 bits per heavy atom. The van der Waals surface area contributed by atoms with Gasteiger partial charge in [0.05, 0.1) is 15.0 Å². The fraction of sp³-hybridized carbons (Fsp3) is 0.333. The van der Waals surface area contributed by atoms with Crippen molar-refractivity contribution in [2.24, 2.45) is 0 Å². The molecule has 0 aromatic carbocycles. The predicted molar refractivity (Wildman–Crippen MR) is 76.7 cm³/mol. The van der Waals surface area contributed by atoms with Gasteiger partial charge in [0, 0.05) is 7.05 Å². The lowest BCUT2D eigenvalue weighted by molar-refractivity contribution is 0.811. The van der Waals surface area contributed by atoms with E-state index in [4.69, 9.17) is 0 Å². The van der Waals surface area contributed by atoms with Crippen molar-refractivity contribution in [2.45, 2.75) is 19.8 Å². The zero-order chi connectivity index (χ0) is 12.4. The van der Waals surface area contributed by atoms with Crippen molar-refractivity contribution in [3.05, 3.63) is 27.7 Å². The van der Waals surface area contributed by atoms with E-state index >= 15 is 0 Å². The van der Waals surface area contributed by atoms with Gasteiger partial charge in [-0.05, 0) is 33.3 Å². The van der Waals surface area contributed by atoms with Crippen molar-refractivity contribution in [3.8, 4) is 10.7 Å². The molecule has 1 N–H and O–H groups in total.